The number of nitrogens with one attached hydrogen (secondary N) is 1. The van der Waals surface area contributed by atoms with Crippen molar-refractivity contribution in [3.8, 4) is 11.5 Å². The Bertz CT molecular complexity index is 2110. The van der Waals surface area contributed by atoms with Crippen molar-refractivity contribution in [2.75, 3.05) is 23.6 Å². The highest BCUT2D eigenvalue weighted by Crippen LogP contribution is 2.39. The minimum absolute atomic E-state index is 0.101. The summed E-state index contributed by atoms with van der Waals surface area (Å²) in [6.45, 7) is 8.12. The first-order valence-electron chi connectivity index (χ1n) is 17.9. The molecule has 3 N–H and O–H groups in total. The van der Waals surface area contributed by atoms with Crippen LogP contribution in [-0.4, -0.2) is 72.0 Å². The second-order valence-corrected chi connectivity index (χ2v) is 22.2. The van der Waals surface area contributed by atoms with Crippen LogP contribution in [0, 0.1) is 0 Å². The van der Waals surface area contributed by atoms with Crippen molar-refractivity contribution in [2.45, 2.75) is 88.9 Å². The van der Waals surface area contributed by atoms with Gasteiger partial charge in [-0.15, -0.1) is 20.4 Å². The molecule has 13 nitrogen and oxygen atoms in total. The normalized spacial score (nSPS) is 15.3. The highest BCUT2D eigenvalue weighted by Gasteiger charge is 2.25. The van der Waals surface area contributed by atoms with E-state index in [2.05, 4.69) is 60.3 Å². The first-order chi connectivity index (χ1) is 25.2. The molecule has 6 aromatic heterocycles. The van der Waals surface area contributed by atoms with Gasteiger partial charge in [0.25, 0.3) is 0 Å². The largest absolute Gasteiger partial charge is 0.506 e. The van der Waals surface area contributed by atoms with Gasteiger partial charge in [-0.2, -0.15) is 0 Å². The van der Waals surface area contributed by atoms with Crippen molar-refractivity contribution in [3.05, 3.63) is 58.8 Å². The molecule has 6 aromatic rings. The van der Waals surface area contributed by atoms with Crippen molar-refractivity contribution in [1.82, 2.24) is 40.3 Å². The monoisotopic (exact) mass is 756 g/mol. The number of fused-ring (bicyclic) bond motifs is 2. The van der Waals surface area contributed by atoms with E-state index in [0.717, 1.165) is 49.8 Å². The summed E-state index contributed by atoms with van der Waals surface area (Å²) in [4.78, 5) is 19.5. The maximum absolute atomic E-state index is 9.79. The van der Waals surface area contributed by atoms with Crippen LogP contribution in [0.15, 0.2) is 48.8 Å². The summed E-state index contributed by atoms with van der Waals surface area (Å²) in [5.74, 6) is 2.70. The molecule has 0 bridgehead atoms. The van der Waals surface area contributed by atoms with Gasteiger partial charge in [0.15, 0.2) is 0 Å². The van der Waals surface area contributed by atoms with Crippen molar-refractivity contribution < 1.29 is 14.9 Å². The van der Waals surface area contributed by atoms with Crippen LogP contribution in [0.2, 0.25) is 25.7 Å². The summed E-state index contributed by atoms with van der Waals surface area (Å²) in [5, 5.41) is 43.7. The minimum Gasteiger partial charge on any atom is -0.506 e. The fourth-order valence-corrected chi connectivity index (χ4v) is 9.05. The SMILES string of the molecule is C[Si](C)(C)CCOCN(c1ccc2ncc(O)cc2n1)c1nnc(C2CCCC2)s1.Oc1cnc2ccc(Nc3nnc(C4CCCC4)s3)nc2c1. The topological polar surface area (TPSA) is 168 Å². The third-order valence-electron chi connectivity index (χ3n) is 9.27. The average Bonchev–Trinajstić information content (AvgIpc) is 3.96. The summed E-state index contributed by atoms with van der Waals surface area (Å²) in [7, 11) is -1.16. The molecule has 0 radical (unpaired) electrons. The van der Waals surface area contributed by atoms with Gasteiger partial charge in [-0.05, 0) is 56.0 Å². The van der Waals surface area contributed by atoms with Crippen LogP contribution in [0.4, 0.5) is 21.9 Å². The quantitative estimate of drug-likeness (QED) is 0.0652. The predicted molar refractivity (Wildman–Crippen MR) is 209 cm³/mol. The number of hydrogen-bond acceptors (Lipinski definition) is 15. The summed E-state index contributed by atoms with van der Waals surface area (Å²) >= 11 is 3.23. The summed E-state index contributed by atoms with van der Waals surface area (Å²) < 4.78 is 6.05. The number of rotatable bonds is 11. The first-order valence-corrected chi connectivity index (χ1v) is 23.2. The van der Waals surface area contributed by atoms with Crippen LogP contribution in [0.5, 0.6) is 11.5 Å². The summed E-state index contributed by atoms with van der Waals surface area (Å²) in [6.07, 6.45) is 12.8. The molecular formula is C36H44N10O3S2Si. The Labute approximate surface area is 311 Å². The Balaban J connectivity index is 0.000000169. The fraction of sp³-hybridized carbons (Fsp3) is 0.444. The Kier molecular flexibility index (Phi) is 11.1. The van der Waals surface area contributed by atoms with E-state index in [1.54, 1.807) is 34.8 Å². The second-order valence-electron chi connectivity index (χ2n) is 14.6. The number of aromatic nitrogens is 8. The van der Waals surface area contributed by atoms with Crippen LogP contribution in [0.3, 0.4) is 0 Å². The highest BCUT2D eigenvalue weighted by molar-refractivity contribution is 7.15. The molecular weight excluding hydrogens is 713 g/mol. The minimum atomic E-state index is -1.16. The van der Waals surface area contributed by atoms with Gasteiger partial charge < -0.3 is 20.3 Å². The van der Waals surface area contributed by atoms with Crippen LogP contribution in [0.1, 0.15) is 73.2 Å². The molecule has 0 aliphatic heterocycles. The van der Waals surface area contributed by atoms with Crippen LogP contribution in [-0.2, 0) is 4.74 Å². The van der Waals surface area contributed by atoms with E-state index < -0.39 is 8.07 Å². The molecule has 16 heteroatoms. The molecule has 8 rings (SSSR count). The Morgan fingerprint density at radius 3 is 2.00 bits per heavy atom. The van der Waals surface area contributed by atoms with Gasteiger partial charge in [0, 0.05) is 38.6 Å². The predicted octanol–water partition coefficient (Wildman–Crippen LogP) is 8.88. The third-order valence-corrected chi connectivity index (χ3v) is 13.1. The van der Waals surface area contributed by atoms with E-state index in [-0.39, 0.29) is 11.5 Å². The third kappa shape index (κ3) is 9.15. The van der Waals surface area contributed by atoms with E-state index in [9.17, 15) is 10.2 Å². The first kappa shape index (κ1) is 36.0. The Hall–Kier alpha value is -4.38. The second kappa shape index (κ2) is 16.1. The van der Waals surface area contributed by atoms with Gasteiger partial charge in [0.1, 0.15) is 39.9 Å². The lowest BCUT2D eigenvalue weighted by atomic mass is 10.1. The summed E-state index contributed by atoms with van der Waals surface area (Å²) in [6, 6.07) is 11.9. The van der Waals surface area contributed by atoms with Gasteiger partial charge in [0.2, 0.25) is 10.3 Å². The van der Waals surface area contributed by atoms with E-state index >= 15 is 0 Å². The zero-order valence-corrected chi connectivity index (χ0v) is 32.3. The molecule has 52 heavy (non-hydrogen) atoms. The van der Waals surface area contributed by atoms with Gasteiger partial charge in [0.05, 0.1) is 34.5 Å². The maximum atomic E-state index is 9.79. The number of anilines is 4. The molecule has 0 saturated heterocycles. The summed E-state index contributed by atoms with van der Waals surface area (Å²) in [5.41, 5.74) is 2.76. The zero-order valence-electron chi connectivity index (χ0n) is 29.7. The molecule has 2 saturated carbocycles. The molecule has 6 heterocycles. The number of pyridine rings is 4. The molecule has 0 amide bonds. The van der Waals surface area contributed by atoms with Crippen molar-refractivity contribution >= 4 is 74.7 Å². The molecule has 0 unspecified atom stereocenters. The van der Waals surface area contributed by atoms with Gasteiger partial charge in [-0.1, -0.05) is 68.0 Å². The van der Waals surface area contributed by atoms with E-state index in [0.29, 0.717) is 35.4 Å². The van der Waals surface area contributed by atoms with Crippen LogP contribution >= 0.6 is 22.7 Å². The zero-order chi connectivity index (χ0) is 36.1. The molecule has 0 aromatic carbocycles. The lowest BCUT2D eigenvalue weighted by Gasteiger charge is -2.22. The fourth-order valence-electron chi connectivity index (χ4n) is 6.36. The van der Waals surface area contributed by atoms with Gasteiger partial charge >= 0.3 is 0 Å². The molecule has 0 spiro atoms. The lowest BCUT2D eigenvalue weighted by molar-refractivity contribution is 0.153. The van der Waals surface area contributed by atoms with E-state index in [1.165, 1.54) is 63.8 Å². The molecule has 0 atom stereocenters. The molecule has 2 aliphatic carbocycles. The van der Waals surface area contributed by atoms with Crippen molar-refractivity contribution in [3.63, 3.8) is 0 Å². The van der Waals surface area contributed by atoms with E-state index in [4.69, 9.17) is 9.72 Å². The molecule has 2 fully saturated rings. The molecule has 2 aliphatic rings. The standard InChI is InChI=1S/C21H29N5O2SSi.C15H15N5OS/c1-30(2,3)11-10-28-14-26(21-25-24-20(29-21)15-6-4-5-7-15)19-9-8-17-18(23-19)12-16(27)13-22-17;21-10-7-12-11(16-8-10)5-6-13(17-12)18-15-20-19-14(22-15)9-3-1-2-4-9/h8-9,12-13,15,27H,4-7,10-11,14H2,1-3H3;5-9,21H,1-4H2,(H,17,18,20). The number of aromatic hydroxyl groups is 2. The van der Waals surface area contributed by atoms with Crippen molar-refractivity contribution in [1.29, 1.82) is 0 Å². The molecule has 272 valence electrons. The van der Waals surface area contributed by atoms with Gasteiger partial charge in [-0.3, -0.25) is 14.9 Å². The number of nitrogens with zero attached hydrogens (tertiary/aromatic N) is 9. The smallest absolute Gasteiger partial charge is 0.215 e. The highest BCUT2D eigenvalue weighted by atomic mass is 32.1. The van der Waals surface area contributed by atoms with Gasteiger partial charge in [-0.25, -0.2) is 9.97 Å². The maximum Gasteiger partial charge on any atom is 0.215 e. The van der Waals surface area contributed by atoms with Crippen LogP contribution < -0.4 is 10.2 Å². The van der Waals surface area contributed by atoms with E-state index in [1.807, 2.05) is 29.2 Å². The van der Waals surface area contributed by atoms with Crippen molar-refractivity contribution in [2.24, 2.45) is 0 Å². The Morgan fingerprint density at radius 1 is 0.750 bits per heavy atom. The average molecular weight is 757 g/mol. The number of ether oxygens (including phenoxy) is 1. The number of hydrogen-bond donors (Lipinski definition) is 3. The lowest BCUT2D eigenvalue weighted by Crippen LogP contribution is -2.26. The van der Waals surface area contributed by atoms with Crippen LogP contribution in [0.25, 0.3) is 22.1 Å². The Morgan fingerprint density at radius 2 is 1.35 bits per heavy atom.